The van der Waals surface area contributed by atoms with Crippen LogP contribution in [0.15, 0.2) is 12.1 Å². The van der Waals surface area contributed by atoms with Crippen LogP contribution in [0.1, 0.15) is 12.8 Å². The summed E-state index contributed by atoms with van der Waals surface area (Å²) >= 11 is 4.95. The molecule has 0 bridgehead atoms. The van der Waals surface area contributed by atoms with Crippen LogP contribution in [0.5, 0.6) is 0 Å². The van der Waals surface area contributed by atoms with Gasteiger partial charge in [-0.05, 0) is 12.8 Å². The SMILES string of the molecule is NC(=S)C1(C(=O)Nc2cc(F)c(F)c(F)c2)CCOCC1. The molecule has 21 heavy (non-hydrogen) atoms. The Balaban J connectivity index is 2.25. The monoisotopic (exact) mass is 318 g/mol. The third-order valence-corrected chi connectivity index (χ3v) is 3.89. The molecule has 4 nitrogen and oxygen atoms in total. The first-order valence-electron chi connectivity index (χ1n) is 6.20. The van der Waals surface area contributed by atoms with E-state index in [0.29, 0.717) is 25.3 Å². The second-order valence-electron chi connectivity index (χ2n) is 4.77. The van der Waals surface area contributed by atoms with Gasteiger partial charge < -0.3 is 15.8 Å². The van der Waals surface area contributed by atoms with Crippen molar-refractivity contribution in [3.05, 3.63) is 29.6 Å². The maximum atomic E-state index is 13.1. The van der Waals surface area contributed by atoms with Crippen molar-refractivity contribution < 1.29 is 22.7 Å². The highest BCUT2D eigenvalue weighted by Crippen LogP contribution is 2.33. The van der Waals surface area contributed by atoms with Crippen LogP contribution in [0.4, 0.5) is 18.9 Å². The summed E-state index contributed by atoms with van der Waals surface area (Å²) < 4.78 is 44.4. The third-order valence-electron chi connectivity index (χ3n) is 3.49. The quantitative estimate of drug-likeness (QED) is 0.662. The van der Waals surface area contributed by atoms with Crippen LogP contribution in [0, 0.1) is 22.9 Å². The zero-order valence-corrected chi connectivity index (χ0v) is 11.7. The lowest BCUT2D eigenvalue weighted by atomic mass is 9.79. The Morgan fingerprint density at radius 3 is 2.24 bits per heavy atom. The van der Waals surface area contributed by atoms with E-state index in [1.54, 1.807) is 0 Å². The highest BCUT2D eigenvalue weighted by Gasteiger charge is 2.43. The van der Waals surface area contributed by atoms with Crippen molar-refractivity contribution in [1.82, 2.24) is 0 Å². The molecule has 1 aliphatic rings. The van der Waals surface area contributed by atoms with Crippen LogP contribution in [-0.2, 0) is 9.53 Å². The minimum atomic E-state index is -1.59. The Kier molecular flexibility index (Phi) is 4.48. The molecule has 0 saturated carbocycles. The van der Waals surface area contributed by atoms with E-state index in [2.05, 4.69) is 5.32 Å². The molecule has 1 amide bonds. The van der Waals surface area contributed by atoms with Gasteiger partial charge in [-0.3, -0.25) is 4.79 Å². The van der Waals surface area contributed by atoms with Crippen molar-refractivity contribution in [3.63, 3.8) is 0 Å². The molecular formula is C13H13F3N2O2S. The Morgan fingerprint density at radius 2 is 1.76 bits per heavy atom. The standard InChI is InChI=1S/C13H13F3N2O2S/c14-8-5-7(6-9(15)10(8)16)18-12(19)13(11(17)21)1-3-20-4-2-13/h5-6H,1-4H2,(H2,17,21)(H,18,19). The normalized spacial score (nSPS) is 17.3. The lowest BCUT2D eigenvalue weighted by molar-refractivity contribution is -0.126. The van der Waals surface area contributed by atoms with Crippen LogP contribution in [0.3, 0.4) is 0 Å². The Hall–Kier alpha value is -1.67. The Morgan fingerprint density at radius 1 is 1.24 bits per heavy atom. The lowest BCUT2D eigenvalue weighted by Crippen LogP contribution is -2.49. The zero-order valence-electron chi connectivity index (χ0n) is 10.9. The molecule has 0 atom stereocenters. The van der Waals surface area contributed by atoms with Crippen LogP contribution in [0.2, 0.25) is 0 Å². The van der Waals surface area contributed by atoms with Gasteiger partial charge in [0.15, 0.2) is 17.5 Å². The van der Waals surface area contributed by atoms with E-state index in [0.717, 1.165) is 0 Å². The summed E-state index contributed by atoms with van der Waals surface area (Å²) in [4.78, 5) is 12.4. The first kappa shape index (κ1) is 15.7. The van der Waals surface area contributed by atoms with Gasteiger partial charge >= 0.3 is 0 Å². The van der Waals surface area contributed by atoms with E-state index in [1.807, 2.05) is 0 Å². The molecular weight excluding hydrogens is 305 g/mol. The van der Waals surface area contributed by atoms with Gasteiger partial charge in [-0.15, -0.1) is 0 Å². The molecule has 0 aliphatic carbocycles. The van der Waals surface area contributed by atoms with E-state index in [-0.39, 0.29) is 23.5 Å². The fraction of sp³-hybridized carbons (Fsp3) is 0.385. The smallest absolute Gasteiger partial charge is 0.237 e. The Labute approximate surface area is 124 Å². The van der Waals surface area contributed by atoms with E-state index in [4.69, 9.17) is 22.7 Å². The largest absolute Gasteiger partial charge is 0.392 e. The molecule has 3 N–H and O–H groups in total. The molecule has 1 aliphatic heterocycles. The van der Waals surface area contributed by atoms with Crippen LogP contribution in [0.25, 0.3) is 0 Å². The van der Waals surface area contributed by atoms with Gasteiger partial charge in [0.05, 0.1) is 4.99 Å². The van der Waals surface area contributed by atoms with Crippen LogP contribution in [-0.4, -0.2) is 24.1 Å². The second-order valence-corrected chi connectivity index (χ2v) is 5.21. The van der Waals surface area contributed by atoms with Gasteiger partial charge in [0, 0.05) is 31.0 Å². The van der Waals surface area contributed by atoms with Gasteiger partial charge in [0.25, 0.3) is 0 Å². The zero-order chi connectivity index (χ0) is 15.6. The van der Waals surface area contributed by atoms with Gasteiger partial charge in [-0.2, -0.15) is 0 Å². The van der Waals surface area contributed by atoms with E-state index < -0.39 is 28.8 Å². The number of benzene rings is 1. The average molecular weight is 318 g/mol. The fourth-order valence-corrected chi connectivity index (χ4v) is 2.48. The molecule has 1 saturated heterocycles. The van der Waals surface area contributed by atoms with Gasteiger partial charge in [0.1, 0.15) is 5.41 Å². The molecule has 1 heterocycles. The lowest BCUT2D eigenvalue weighted by Gasteiger charge is -2.34. The summed E-state index contributed by atoms with van der Waals surface area (Å²) in [5.74, 6) is -4.95. The summed E-state index contributed by atoms with van der Waals surface area (Å²) in [6.07, 6.45) is 0.556. The van der Waals surface area contributed by atoms with Crippen molar-refractivity contribution in [2.75, 3.05) is 18.5 Å². The number of rotatable bonds is 3. The fourth-order valence-electron chi connectivity index (χ4n) is 2.18. The second kappa shape index (κ2) is 5.98. The topological polar surface area (TPSA) is 64.4 Å². The van der Waals surface area contributed by atoms with Crippen LogP contribution < -0.4 is 11.1 Å². The van der Waals surface area contributed by atoms with Crippen molar-refractivity contribution in [1.29, 1.82) is 0 Å². The molecule has 8 heteroatoms. The van der Waals surface area contributed by atoms with Crippen molar-refractivity contribution in [2.24, 2.45) is 11.1 Å². The number of nitrogens with two attached hydrogens (primary N) is 1. The number of amides is 1. The van der Waals surface area contributed by atoms with Gasteiger partial charge in [0.2, 0.25) is 5.91 Å². The number of hydrogen-bond acceptors (Lipinski definition) is 3. The summed E-state index contributed by atoms with van der Waals surface area (Å²) in [5, 5.41) is 2.33. The highest BCUT2D eigenvalue weighted by molar-refractivity contribution is 7.80. The number of carbonyl (C=O) groups excluding carboxylic acids is 1. The van der Waals surface area contributed by atoms with E-state index >= 15 is 0 Å². The summed E-state index contributed by atoms with van der Waals surface area (Å²) in [5.41, 5.74) is 4.32. The minimum Gasteiger partial charge on any atom is -0.392 e. The molecule has 1 fully saturated rings. The third kappa shape index (κ3) is 3.01. The first-order valence-corrected chi connectivity index (χ1v) is 6.61. The molecule has 1 aromatic carbocycles. The summed E-state index contributed by atoms with van der Waals surface area (Å²) in [6.45, 7) is 0.605. The number of anilines is 1. The summed E-state index contributed by atoms with van der Waals surface area (Å²) in [7, 11) is 0. The average Bonchev–Trinajstić information content (AvgIpc) is 2.45. The molecule has 2 rings (SSSR count). The first-order chi connectivity index (χ1) is 9.86. The molecule has 0 spiro atoms. The number of carbonyl (C=O) groups is 1. The maximum absolute atomic E-state index is 13.1. The molecule has 1 aromatic rings. The molecule has 0 aromatic heterocycles. The number of thiocarbonyl (C=S) groups is 1. The molecule has 0 radical (unpaired) electrons. The van der Waals surface area contributed by atoms with Gasteiger partial charge in [-0.1, -0.05) is 12.2 Å². The predicted molar refractivity (Wildman–Crippen MR) is 74.2 cm³/mol. The number of halogens is 3. The van der Waals surface area contributed by atoms with Crippen molar-refractivity contribution in [2.45, 2.75) is 12.8 Å². The van der Waals surface area contributed by atoms with Crippen molar-refractivity contribution in [3.8, 4) is 0 Å². The number of hydrogen-bond donors (Lipinski definition) is 2. The predicted octanol–water partition coefficient (Wildman–Crippen LogP) is 2.13. The Bertz CT molecular complexity index is 566. The number of nitrogens with one attached hydrogen (secondary N) is 1. The maximum Gasteiger partial charge on any atom is 0.237 e. The minimum absolute atomic E-state index is 0.00800. The van der Waals surface area contributed by atoms with Gasteiger partial charge in [-0.25, -0.2) is 13.2 Å². The van der Waals surface area contributed by atoms with Crippen LogP contribution >= 0.6 is 12.2 Å². The van der Waals surface area contributed by atoms with Crippen molar-refractivity contribution >= 4 is 28.8 Å². The van der Waals surface area contributed by atoms with E-state index in [1.165, 1.54) is 0 Å². The van der Waals surface area contributed by atoms with E-state index in [9.17, 15) is 18.0 Å². The molecule has 114 valence electrons. The summed E-state index contributed by atoms with van der Waals surface area (Å²) in [6, 6.07) is 1.39. The molecule has 0 unspecified atom stereocenters. The number of ether oxygens (including phenoxy) is 1. The highest BCUT2D eigenvalue weighted by atomic mass is 32.1.